The quantitative estimate of drug-likeness (QED) is 0.794. The highest BCUT2D eigenvalue weighted by Crippen LogP contribution is 2.37. The van der Waals surface area contributed by atoms with Gasteiger partial charge in [-0.25, -0.2) is 0 Å². The number of rotatable bonds is 3. The van der Waals surface area contributed by atoms with Crippen molar-refractivity contribution in [2.45, 2.75) is 24.5 Å². The van der Waals surface area contributed by atoms with Crippen molar-refractivity contribution in [3.63, 3.8) is 0 Å². The molecule has 4 heteroatoms. The molecule has 0 aliphatic carbocycles. The molecule has 0 amide bonds. The molecule has 2 N–H and O–H groups in total. The third-order valence-electron chi connectivity index (χ3n) is 4.13. The first kappa shape index (κ1) is 15.2. The molecule has 0 radical (unpaired) electrons. The molecule has 0 bridgehead atoms. The monoisotopic (exact) mass is 409 g/mol. The maximum Gasteiger partial charge on any atom is 0.130 e. The summed E-state index contributed by atoms with van der Waals surface area (Å²) in [4.78, 5) is 0. The highest BCUT2D eigenvalue weighted by Gasteiger charge is 2.41. The van der Waals surface area contributed by atoms with Crippen LogP contribution in [0.25, 0.3) is 0 Å². The van der Waals surface area contributed by atoms with E-state index in [2.05, 4.69) is 37.2 Å². The van der Waals surface area contributed by atoms with Crippen molar-refractivity contribution in [2.75, 3.05) is 6.54 Å². The van der Waals surface area contributed by atoms with Crippen LogP contribution in [0.2, 0.25) is 0 Å². The topological polar surface area (TPSA) is 32.3 Å². The van der Waals surface area contributed by atoms with Crippen molar-refractivity contribution < 1.29 is 5.11 Å². The zero-order valence-corrected chi connectivity index (χ0v) is 14.7. The molecule has 0 saturated carbocycles. The second-order valence-corrected chi connectivity index (χ2v) is 7.26. The van der Waals surface area contributed by atoms with Gasteiger partial charge in [-0.05, 0) is 54.8 Å². The van der Waals surface area contributed by atoms with Gasteiger partial charge >= 0.3 is 0 Å². The first-order valence-corrected chi connectivity index (χ1v) is 8.67. The lowest BCUT2D eigenvalue weighted by Gasteiger charge is -2.35. The second kappa shape index (κ2) is 6.21. The summed E-state index contributed by atoms with van der Waals surface area (Å²) in [6, 6.07) is 15.9. The van der Waals surface area contributed by atoms with Crippen molar-refractivity contribution in [2.24, 2.45) is 0 Å². The Hall–Kier alpha value is -0.680. The average molecular weight is 411 g/mol. The van der Waals surface area contributed by atoms with Gasteiger partial charge in [-0.3, -0.25) is 0 Å². The predicted molar refractivity (Wildman–Crippen MR) is 92.3 cm³/mol. The third kappa shape index (κ3) is 2.95. The molecule has 1 atom stereocenters. The summed E-state index contributed by atoms with van der Waals surface area (Å²) in [6.45, 7) is 0.958. The van der Waals surface area contributed by atoms with Crippen molar-refractivity contribution in [3.8, 4) is 0 Å². The van der Waals surface area contributed by atoms with Gasteiger partial charge in [0.05, 0.1) is 0 Å². The Kier molecular flexibility index (Phi) is 4.50. The van der Waals surface area contributed by atoms with Crippen LogP contribution in [0.15, 0.2) is 57.5 Å². The molecule has 1 saturated heterocycles. The van der Waals surface area contributed by atoms with E-state index in [0.717, 1.165) is 39.5 Å². The van der Waals surface area contributed by atoms with Crippen LogP contribution in [0.3, 0.4) is 0 Å². The van der Waals surface area contributed by atoms with E-state index in [1.165, 1.54) is 0 Å². The van der Waals surface area contributed by atoms with Crippen molar-refractivity contribution in [3.05, 3.63) is 68.6 Å². The summed E-state index contributed by atoms with van der Waals surface area (Å²) in [5, 5.41) is 15.0. The predicted octanol–water partition coefficient (Wildman–Crippen LogP) is 4.20. The minimum Gasteiger partial charge on any atom is -0.379 e. The number of aliphatic hydroxyl groups is 1. The largest absolute Gasteiger partial charge is 0.379 e. The van der Waals surface area contributed by atoms with Gasteiger partial charge in [-0.15, -0.1) is 0 Å². The van der Waals surface area contributed by atoms with E-state index in [1.54, 1.807) is 0 Å². The number of hydrogen-bond donors (Lipinski definition) is 2. The van der Waals surface area contributed by atoms with E-state index in [0.29, 0.717) is 0 Å². The average Bonchev–Trinajstić information content (AvgIpc) is 3.02. The summed E-state index contributed by atoms with van der Waals surface area (Å²) in [5.41, 5.74) is 0.845. The Morgan fingerprint density at radius 3 is 1.76 bits per heavy atom. The Labute approximate surface area is 141 Å². The molecule has 1 aliphatic heterocycles. The molecule has 3 rings (SSSR count). The highest BCUT2D eigenvalue weighted by molar-refractivity contribution is 9.10. The van der Waals surface area contributed by atoms with E-state index >= 15 is 0 Å². The maximum atomic E-state index is 11.5. The molecule has 0 unspecified atom stereocenters. The second-order valence-electron chi connectivity index (χ2n) is 5.43. The minimum atomic E-state index is -1.00. The Morgan fingerprint density at radius 1 is 0.905 bits per heavy atom. The SMILES string of the molecule is OC(c1ccc(Br)cc1)(c1ccc(Br)cc1)[C@@H]1CCCN1. The van der Waals surface area contributed by atoms with E-state index in [4.69, 9.17) is 0 Å². The van der Waals surface area contributed by atoms with Crippen LogP contribution in [-0.2, 0) is 5.60 Å². The molecule has 0 spiro atoms. The lowest BCUT2D eigenvalue weighted by atomic mass is 9.79. The Bertz CT molecular complexity index is 558. The van der Waals surface area contributed by atoms with E-state index < -0.39 is 5.60 Å². The molecule has 21 heavy (non-hydrogen) atoms. The van der Waals surface area contributed by atoms with Gasteiger partial charge < -0.3 is 10.4 Å². The van der Waals surface area contributed by atoms with Gasteiger partial charge in [0, 0.05) is 15.0 Å². The van der Waals surface area contributed by atoms with Gasteiger partial charge in [0.2, 0.25) is 0 Å². The van der Waals surface area contributed by atoms with Gasteiger partial charge in [0.15, 0.2) is 0 Å². The third-order valence-corrected chi connectivity index (χ3v) is 5.19. The van der Waals surface area contributed by atoms with Crippen molar-refractivity contribution in [1.29, 1.82) is 0 Å². The number of benzene rings is 2. The molecular formula is C17H17Br2NO. The van der Waals surface area contributed by atoms with Crippen LogP contribution in [0.4, 0.5) is 0 Å². The molecule has 2 nitrogen and oxygen atoms in total. The number of hydrogen-bond acceptors (Lipinski definition) is 2. The van der Waals surface area contributed by atoms with Gasteiger partial charge in [-0.2, -0.15) is 0 Å². The van der Waals surface area contributed by atoms with E-state index in [1.807, 2.05) is 48.5 Å². The van der Waals surface area contributed by atoms with Crippen LogP contribution in [0, 0.1) is 0 Å². The number of halogens is 2. The molecule has 110 valence electrons. The van der Waals surface area contributed by atoms with Gasteiger partial charge in [-0.1, -0.05) is 56.1 Å². The normalized spacial score (nSPS) is 18.9. The molecule has 2 aromatic rings. The van der Waals surface area contributed by atoms with Crippen molar-refractivity contribution in [1.82, 2.24) is 5.32 Å². The van der Waals surface area contributed by atoms with E-state index in [9.17, 15) is 5.11 Å². The van der Waals surface area contributed by atoms with Crippen LogP contribution in [-0.4, -0.2) is 17.7 Å². The Balaban J connectivity index is 2.09. The van der Waals surface area contributed by atoms with Gasteiger partial charge in [0.1, 0.15) is 5.60 Å². The number of nitrogens with one attached hydrogen (secondary N) is 1. The molecule has 1 aliphatic rings. The lowest BCUT2D eigenvalue weighted by molar-refractivity contribution is 0.0442. The first-order chi connectivity index (χ1) is 10.1. The highest BCUT2D eigenvalue weighted by atomic mass is 79.9. The van der Waals surface area contributed by atoms with Crippen LogP contribution in [0.5, 0.6) is 0 Å². The van der Waals surface area contributed by atoms with Crippen molar-refractivity contribution >= 4 is 31.9 Å². The fourth-order valence-corrected chi connectivity index (χ4v) is 3.55. The summed E-state index contributed by atoms with van der Waals surface area (Å²) in [6.07, 6.45) is 2.07. The van der Waals surface area contributed by atoms with E-state index in [-0.39, 0.29) is 6.04 Å². The fourth-order valence-electron chi connectivity index (χ4n) is 3.02. The molecule has 1 fully saturated rings. The molecular weight excluding hydrogens is 394 g/mol. The van der Waals surface area contributed by atoms with Gasteiger partial charge in [0.25, 0.3) is 0 Å². The standard InChI is InChI=1S/C17H17Br2NO/c18-14-7-3-12(4-8-14)17(21,16-2-1-11-20-16)13-5-9-15(19)10-6-13/h3-10,16,20-21H,1-2,11H2/t16-/m0/s1. The summed E-state index contributed by atoms with van der Waals surface area (Å²) in [7, 11) is 0. The summed E-state index contributed by atoms with van der Waals surface area (Å²) < 4.78 is 2.03. The summed E-state index contributed by atoms with van der Waals surface area (Å²) >= 11 is 6.92. The maximum absolute atomic E-state index is 11.5. The van der Waals surface area contributed by atoms with Crippen LogP contribution < -0.4 is 5.32 Å². The lowest BCUT2D eigenvalue weighted by Crippen LogP contribution is -2.46. The van der Waals surface area contributed by atoms with Crippen LogP contribution >= 0.6 is 31.9 Å². The minimum absolute atomic E-state index is 0.0415. The fraction of sp³-hybridized carbons (Fsp3) is 0.294. The first-order valence-electron chi connectivity index (χ1n) is 7.08. The molecule has 1 heterocycles. The Morgan fingerprint density at radius 2 is 1.38 bits per heavy atom. The smallest absolute Gasteiger partial charge is 0.130 e. The summed E-state index contributed by atoms with van der Waals surface area (Å²) in [5.74, 6) is 0. The zero-order valence-electron chi connectivity index (χ0n) is 11.5. The zero-order chi connectivity index (χ0) is 14.9. The van der Waals surface area contributed by atoms with Crippen LogP contribution in [0.1, 0.15) is 24.0 Å². The molecule has 2 aromatic carbocycles. The molecule has 0 aromatic heterocycles.